The smallest absolute Gasteiger partial charge is 0.261 e. The monoisotopic (exact) mass is 480 g/mol. The minimum atomic E-state index is -3.73. The van der Waals surface area contributed by atoms with Crippen molar-refractivity contribution in [3.05, 3.63) is 84.4 Å². The number of rotatable bonds is 8. The predicted molar refractivity (Wildman–Crippen MR) is 131 cm³/mol. The zero-order chi connectivity index (χ0) is 24.0. The zero-order valence-corrected chi connectivity index (χ0v) is 19.8. The lowest BCUT2D eigenvalue weighted by Crippen LogP contribution is -2.41. The summed E-state index contributed by atoms with van der Waals surface area (Å²) in [6.45, 7) is 3.63. The van der Waals surface area contributed by atoms with E-state index in [0.29, 0.717) is 43.8 Å². The topological polar surface area (TPSA) is 84.9 Å². The first kappa shape index (κ1) is 23.6. The minimum absolute atomic E-state index is 0.00207. The van der Waals surface area contributed by atoms with Crippen LogP contribution in [0.5, 0.6) is 11.5 Å². The highest BCUT2D eigenvalue weighted by atomic mass is 32.2. The number of anilines is 1. The fourth-order valence-electron chi connectivity index (χ4n) is 3.86. The summed E-state index contributed by atoms with van der Waals surface area (Å²) < 4.78 is 39.5. The van der Waals surface area contributed by atoms with Gasteiger partial charge in [0.05, 0.1) is 11.5 Å². The van der Waals surface area contributed by atoms with E-state index in [1.54, 1.807) is 41.3 Å². The molecule has 34 heavy (non-hydrogen) atoms. The Kier molecular flexibility index (Phi) is 7.37. The average molecular weight is 481 g/mol. The van der Waals surface area contributed by atoms with Crippen LogP contribution in [0.15, 0.2) is 83.8 Å². The van der Waals surface area contributed by atoms with Crippen LogP contribution in [-0.2, 0) is 10.0 Å². The number of nitrogens with zero attached hydrogens (tertiary/aromatic N) is 1. The van der Waals surface area contributed by atoms with Gasteiger partial charge in [-0.05, 0) is 55.5 Å². The molecule has 3 aromatic rings. The van der Waals surface area contributed by atoms with Gasteiger partial charge in [0.15, 0.2) is 11.5 Å². The number of hydrogen-bond donors (Lipinski definition) is 1. The number of carbonyl (C=O) groups excluding carboxylic acids is 1. The maximum atomic E-state index is 13.0. The van der Waals surface area contributed by atoms with E-state index < -0.39 is 10.0 Å². The van der Waals surface area contributed by atoms with Crippen LogP contribution in [0.4, 0.5) is 5.69 Å². The highest BCUT2D eigenvalue weighted by Gasteiger charge is 2.26. The standard InChI is InChI=1S/C26H28N2O5S/c1-2-32-24-10-6-7-11-25(24)33-22-16-18-28(19-17-22)26(29)20-12-14-23(15-13-20)34(30,31)27-21-8-4-3-5-9-21/h3-15,22,27H,2,16-19H2,1H3. The SMILES string of the molecule is CCOc1ccccc1OC1CCN(C(=O)c2ccc(S(=O)(=O)Nc3ccccc3)cc2)CC1. The van der Waals surface area contributed by atoms with E-state index >= 15 is 0 Å². The maximum Gasteiger partial charge on any atom is 0.261 e. The second-order valence-corrected chi connectivity index (χ2v) is 9.67. The van der Waals surface area contributed by atoms with Gasteiger partial charge in [-0.15, -0.1) is 0 Å². The number of likely N-dealkylation sites (tertiary alicyclic amines) is 1. The molecule has 0 saturated carbocycles. The number of benzene rings is 3. The van der Waals surface area contributed by atoms with Crippen molar-refractivity contribution in [3.8, 4) is 11.5 Å². The lowest BCUT2D eigenvalue weighted by atomic mass is 10.1. The van der Waals surface area contributed by atoms with Gasteiger partial charge in [-0.3, -0.25) is 9.52 Å². The molecular formula is C26H28N2O5S. The Morgan fingerprint density at radius 2 is 1.53 bits per heavy atom. The summed E-state index contributed by atoms with van der Waals surface area (Å²) in [5.41, 5.74) is 0.941. The molecule has 0 radical (unpaired) electrons. The first-order valence-electron chi connectivity index (χ1n) is 11.3. The molecule has 0 aliphatic carbocycles. The van der Waals surface area contributed by atoms with Crippen molar-refractivity contribution in [1.82, 2.24) is 4.90 Å². The van der Waals surface area contributed by atoms with Gasteiger partial charge in [-0.25, -0.2) is 8.42 Å². The van der Waals surface area contributed by atoms with Crippen LogP contribution in [0, 0.1) is 0 Å². The van der Waals surface area contributed by atoms with Crippen molar-refractivity contribution in [3.63, 3.8) is 0 Å². The van der Waals surface area contributed by atoms with Crippen LogP contribution < -0.4 is 14.2 Å². The van der Waals surface area contributed by atoms with E-state index in [1.807, 2.05) is 37.3 Å². The van der Waals surface area contributed by atoms with Crippen LogP contribution in [0.25, 0.3) is 0 Å². The molecule has 0 atom stereocenters. The number of amides is 1. The second-order valence-electron chi connectivity index (χ2n) is 7.99. The first-order chi connectivity index (χ1) is 16.5. The Morgan fingerprint density at radius 3 is 2.18 bits per heavy atom. The predicted octanol–water partition coefficient (Wildman–Crippen LogP) is 4.57. The normalized spacial score (nSPS) is 14.4. The van der Waals surface area contributed by atoms with Crippen molar-refractivity contribution in [2.75, 3.05) is 24.4 Å². The van der Waals surface area contributed by atoms with E-state index in [9.17, 15) is 13.2 Å². The Bertz CT molecular complexity index is 1210. The third-order valence-corrected chi connectivity index (χ3v) is 7.01. The Labute approximate surface area is 200 Å². The second kappa shape index (κ2) is 10.6. The Hall–Kier alpha value is -3.52. The summed E-state index contributed by atoms with van der Waals surface area (Å²) in [5.74, 6) is 1.32. The number of hydrogen-bond acceptors (Lipinski definition) is 5. The summed E-state index contributed by atoms with van der Waals surface area (Å²) in [7, 11) is -3.73. The molecule has 1 heterocycles. The molecule has 1 fully saturated rings. The lowest BCUT2D eigenvalue weighted by Gasteiger charge is -2.32. The maximum absolute atomic E-state index is 13.0. The molecule has 178 valence electrons. The van der Waals surface area contributed by atoms with Gasteiger partial charge < -0.3 is 14.4 Å². The molecule has 8 heteroatoms. The molecule has 1 N–H and O–H groups in total. The van der Waals surface area contributed by atoms with E-state index in [2.05, 4.69) is 4.72 Å². The van der Waals surface area contributed by atoms with E-state index in [0.717, 1.165) is 11.5 Å². The highest BCUT2D eigenvalue weighted by Crippen LogP contribution is 2.29. The van der Waals surface area contributed by atoms with Gasteiger partial charge in [0.2, 0.25) is 0 Å². The molecule has 0 aromatic heterocycles. The van der Waals surface area contributed by atoms with E-state index in [1.165, 1.54) is 12.1 Å². The quantitative estimate of drug-likeness (QED) is 0.511. The van der Waals surface area contributed by atoms with E-state index in [4.69, 9.17) is 9.47 Å². The first-order valence-corrected chi connectivity index (χ1v) is 12.8. The van der Waals surface area contributed by atoms with Gasteiger partial charge in [0.25, 0.3) is 15.9 Å². The molecule has 0 unspecified atom stereocenters. The van der Waals surface area contributed by atoms with Gasteiger partial charge in [-0.1, -0.05) is 30.3 Å². The number of ether oxygens (including phenoxy) is 2. The molecule has 4 rings (SSSR count). The molecule has 3 aromatic carbocycles. The fourth-order valence-corrected chi connectivity index (χ4v) is 4.92. The number of piperidine rings is 1. The van der Waals surface area contributed by atoms with Crippen molar-refractivity contribution in [1.29, 1.82) is 0 Å². The molecule has 1 aliphatic heterocycles. The van der Waals surface area contributed by atoms with Crippen LogP contribution in [-0.4, -0.2) is 45.0 Å². The van der Waals surface area contributed by atoms with Gasteiger partial charge >= 0.3 is 0 Å². The number of para-hydroxylation sites is 3. The summed E-state index contributed by atoms with van der Waals surface area (Å²) in [5, 5.41) is 0. The minimum Gasteiger partial charge on any atom is -0.490 e. The van der Waals surface area contributed by atoms with Crippen molar-refractivity contribution >= 4 is 21.6 Å². The van der Waals surface area contributed by atoms with Crippen LogP contribution in [0.2, 0.25) is 0 Å². The van der Waals surface area contributed by atoms with Crippen molar-refractivity contribution < 1.29 is 22.7 Å². The van der Waals surface area contributed by atoms with Crippen molar-refractivity contribution in [2.24, 2.45) is 0 Å². The van der Waals surface area contributed by atoms with Crippen LogP contribution in [0.1, 0.15) is 30.1 Å². The van der Waals surface area contributed by atoms with Crippen LogP contribution >= 0.6 is 0 Å². The number of carbonyl (C=O) groups is 1. The number of sulfonamides is 1. The summed E-state index contributed by atoms with van der Waals surface area (Å²) in [6, 6.07) is 22.3. The summed E-state index contributed by atoms with van der Waals surface area (Å²) in [4.78, 5) is 14.8. The third-order valence-electron chi connectivity index (χ3n) is 5.61. The van der Waals surface area contributed by atoms with Crippen LogP contribution in [0.3, 0.4) is 0 Å². The fraction of sp³-hybridized carbons (Fsp3) is 0.269. The summed E-state index contributed by atoms with van der Waals surface area (Å²) >= 11 is 0. The molecule has 0 bridgehead atoms. The van der Waals surface area contributed by atoms with Gasteiger partial charge in [0, 0.05) is 37.2 Å². The third kappa shape index (κ3) is 5.69. The lowest BCUT2D eigenvalue weighted by molar-refractivity contribution is 0.0589. The van der Waals surface area contributed by atoms with E-state index in [-0.39, 0.29) is 16.9 Å². The highest BCUT2D eigenvalue weighted by molar-refractivity contribution is 7.92. The average Bonchev–Trinajstić information content (AvgIpc) is 2.86. The van der Waals surface area contributed by atoms with Crippen molar-refractivity contribution in [2.45, 2.75) is 30.8 Å². The largest absolute Gasteiger partial charge is 0.490 e. The molecular weight excluding hydrogens is 452 g/mol. The Balaban J connectivity index is 1.34. The molecule has 0 spiro atoms. The molecule has 7 nitrogen and oxygen atoms in total. The Morgan fingerprint density at radius 1 is 0.912 bits per heavy atom. The van der Waals surface area contributed by atoms with Gasteiger partial charge in [0.1, 0.15) is 6.10 Å². The molecule has 1 aliphatic rings. The molecule has 1 amide bonds. The van der Waals surface area contributed by atoms with Gasteiger partial charge in [-0.2, -0.15) is 0 Å². The number of nitrogens with one attached hydrogen (secondary N) is 1. The summed E-state index contributed by atoms with van der Waals surface area (Å²) in [6.07, 6.45) is 1.42. The molecule has 1 saturated heterocycles. The zero-order valence-electron chi connectivity index (χ0n) is 19.0.